The van der Waals surface area contributed by atoms with Crippen LogP contribution in [0.5, 0.6) is 0 Å². The van der Waals surface area contributed by atoms with Gasteiger partial charge in [-0.05, 0) is 69.3 Å². The average molecular weight is 425 g/mol. The lowest BCUT2D eigenvalue weighted by molar-refractivity contribution is -0.129. The number of aryl methyl sites for hydroxylation is 2. The minimum absolute atomic E-state index is 0.00755. The summed E-state index contributed by atoms with van der Waals surface area (Å²) in [6.07, 6.45) is 7.96. The van der Waals surface area contributed by atoms with Gasteiger partial charge in [-0.25, -0.2) is 0 Å². The molecule has 1 aliphatic carbocycles. The van der Waals surface area contributed by atoms with Crippen LogP contribution in [0.15, 0.2) is 18.2 Å². The smallest absolute Gasteiger partial charge is 0.241 e. The second-order valence-corrected chi connectivity index (χ2v) is 9.14. The van der Waals surface area contributed by atoms with Gasteiger partial charge in [0.25, 0.3) is 0 Å². The molecule has 6 heteroatoms. The van der Waals surface area contributed by atoms with Gasteiger partial charge in [0, 0.05) is 24.8 Å². The van der Waals surface area contributed by atoms with Crippen molar-refractivity contribution in [3.05, 3.63) is 29.3 Å². The number of likely N-dealkylation sites (tertiary alicyclic amines) is 1. The van der Waals surface area contributed by atoms with Crippen molar-refractivity contribution in [2.75, 3.05) is 31.1 Å². The highest BCUT2D eigenvalue weighted by Crippen LogP contribution is 2.23. The summed E-state index contributed by atoms with van der Waals surface area (Å²) >= 11 is 0. The minimum Gasteiger partial charge on any atom is -0.353 e. The van der Waals surface area contributed by atoms with Crippen LogP contribution in [-0.2, 0) is 9.59 Å². The molecule has 1 aromatic rings. The normalized spacial score (nSPS) is 20.1. The fourth-order valence-electron chi connectivity index (χ4n) is 4.71. The Hall–Kier alpha value is -2.39. The third-order valence-corrected chi connectivity index (χ3v) is 6.74. The quantitative estimate of drug-likeness (QED) is 0.724. The van der Waals surface area contributed by atoms with E-state index in [1.54, 1.807) is 4.90 Å². The fourth-order valence-corrected chi connectivity index (χ4v) is 4.71. The van der Waals surface area contributed by atoms with Crippen LogP contribution in [-0.4, -0.2) is 48.9 Å². The predicted molar refractivity (Wildman–Crippen MR) is 123 cm³/mol. The first-order valence-electron chi connectivity index (χ1n) is 11.7. The van der Waals surface area contributed by atoms with Gasteiger partial charge in [-0.1, -0.05) is 25.3 Å². The van der Waals surface area contributed by atoms with E-state index in [-0.39, 0.29) is 24.3 Å². The molecular weight excluding hydrogens is 388 g/mol. The summed E-state index contributed by atoms with van der Waals surface area (Å²) in [5, 5.41) is 12.3. The van der Waals surface area contributed by atoms with Gasteiger partial charge < -0.3 is 10.2 Å². The number of nitrogens with zero attached hydrogens (tertiary/aromatic N) is 3. The number of rotatable bonds is 7. The Morgan fingerprint density at radius 2 is 1.90 bits per heavy atom. The molecule has 1 aromatic carbocycles. The SMILES string of the molecule is Cc1ccc(N(CCC#N)C(=O)CN2CCCC(C(=O)NC3CCCCC3)C2)cc1C. The summed E-state index contributed by atoms with van der Waals surface area (Å²) in [5.41, 5.74) is 3.15. The molecule has 1 saturated carbocycles. The first kappa shape index (κ1) is 23.3. The third kappa shape index (κ3) is 6.54. The molecule has 1 atom stereocenters. The van der Waals surface area contributed by atoms with E-state index in [2.05, 4.69) is 16.3 Å². The van der Waals surface area contributed by atoms with Crippen LogP contribution in [0.1, 0.15) is 62.5 Å². The van der Waals surface area contributed by atoms with Gasteiger partial charge in [-0.3, -0.25) is 14.5 Å². The number of amides is 2. The maximum atomic E-state index is 13.2. The van der Waals surface area contributed by atoms with E-state index < -0.39 is 0 Å². The summed E-state index contributed by atoms with van der Waals surface area (Å²) in [6, 6.07) is 8.46. The summed E-state index contributed by atoms with van der Waals surface area (Å²) in [5.74, 6) is 0.101. The standard InChI is InChI=1S/C25H36N4O2/c1-19-11-12-23(16-20(19)2)29(15-7-13-26)24(30)18-28-14-6-8-21(17-28)25(31)27-22-9-4-3-5-10-22/h11-12,16,21-22H,3-10,14-15,17-18H2,1-2H3,(H,27,31). The first-order valence-corrected chi connectivity index (χ1v) is 11.7. The van der Waals surface area contributed by atoms with Crippen molar-refractivity contribution in [2.45, 2.75) is 71.3 Å². The molecule has 1 aliphatic heterocycles. The maximum Gasteiger partial charge on any atom is 0.241 e. The lowest BCUT2D eigenvalue weighted by atomic mass is 9.93. The molecule has 2 amide bonds. The molecule has 2 fully saturated rings. The Bertz CT molecular complexity index is 810. The van der Waals surface area contributed by atoms with Gasteiger partial charge in [0.1, 0.15) is 0 Å². The van der Waals surface area contributed by atoms with Crippen molar-refractivity contribution in [1.82, 2.24) is 10.2 Å². The molecule has 0 aromatic heterocycles. The number of nitriles is 1. The highest BCUT2D eigenvalue weighted by Gasteiger charge is 2.29. The van der Waals surface area contributed by atoms with E-state index >= 15 is 0 Å². The van der Waals surface area contributed by atoms with E-state index in [1.807, 2.05) is 32.0 Å². The van der Waals surface area contributed by atoms with Gasteiger partial charge >= 0.3 is 0 Å². The topological polar surface area (TPSA) is 76.4 Å². The molecule has 0 radical (unpaired) electrons. The van der Waals surface area contributed by atoms with Crippen molar-refractivity contribution in [1.29, 1.82) is 5.26 Å². The van der Waals surface area contributed by atoms with Crippen LogP contribution < -0.4 is 10.2 Å². The molecule has 3 rings (SSSR count). The summed E-state index contributed by atoms with van der Waals surface area (Å²) < 4.78 is 0. The molecule has 1 saturated heterocycles. The zero-order valence-corrected chi connectivity index (χ0v) is 19.0. The largest absolute Gasteiger partial charge is 0.353 e. The molecule has 31 heavy (non-hydrogen) atoms. The number of carbonyl (C=O) groups excluding carboxylic acids is 2. The molecular formula is C25H36N4O2. The van der Waals surface area contributed by atoms with E-state index in [0.717, 1.165) is 43.5 Å². The molecule has 1 heterocycles. The van der Waals surface area contributed by atoms with E-state index in [0.29, 0.717) is 25.6 Å². The highest BCUT2D eigenvalue weighted by atomic mass is 16.2. The van der Waals surface area contributed by atoms with Crippen molar-refractivity contribution in [2.24, 2.45) is 5.92 Å². The first-order chi connectivity index (χ1) is 15.0. The Labute approximate surface area is 186 Å². The Morgan fingerprint density at radius 3 is 2.61 bits per heavy atom. The number of piperidine rings is 1. The van der Waals surface area contributed by atoms with Crippen LogP contribution >= 0.6 is 0 Å². The van der Waals surface area contributed by atoms with Gasteiger partial charge in [-0.2, -0.15) is 5.26 Å². The highest BCUT2D eigenvalue weighted by molar-refractivity contribution is 5.95. The molecule has 0 bridgehead atoms. The Morgan fingerprint density at radius 1 is 1.13 bits per heavy atom. The zero-order valence-electron chi connectivity index (χ0n) is 19.0. The molecule has 6 nitrogen and oxygen atoms in total. The van der Waals surface area contributed by atoms with Crippen LogP contribution in [0.2, 0.25) is 0 Å². The van der Waals surface area contributed by atoms with Gasteiger partial charge in [0.2, 0.25) is 11.8 Å². The van der Waals surface area contributed by atoms with Crippen LogP contribution in [0.25, 0.3) is 0 Å². The van der Waals surface area contributed by atoms with Gasteiger partial charge in [-0.15, -0.1) is 0 Å². The van der Waals surface area contributed by atoms with E-state index in [9.17, 15) is 9.59 Å². The van der Waals surface area contributed by atoms with Crippen molar-refractivity contribution in [3.63, 3.8) is 0 Å². The van der Waals surface area contributed by atoms with Crippen LogP contribution in [0, 0.1) is 31.1 Å². The average Bonchev–Trinajstić information content (AvgIpc) is 2.77. The number of anilines is 1. The Balaban J connectivity index is 1.60. The molecule has 1 N–H and O–H groups in total. The van der Waals surface area contributed by atoms with E-state index in [1.165, 1.54) is 24.8 Å². The van der Waals surface area contributed by atoms with E-state index in [4.69, 9.17) is 5.26 Å². The summed E-state index contributed by atoms with van der Waals surface area (Å²) in [7, 11) is 0. The molecule has 0 spiro atoms. The van der Waals surface area contributed by atoms with Crippen molar-refractivity contribution < 1.29 is 9.59 Å². The lowest BCUT2D eigenvalue weighted by Gasteiger charge is -2.34. The lowest BCUT2D eigenvalue weighted by Crippen LogP contribution is -2.49. The minimum atomic E-state index is -0.0438. The summed E-state index contributed by atoms with van der Waals surface area (Å²) in [4.78, 5) is 29.8. The number of hydrogen-bond acceptors (Lipinski definition) is 4. The van der Waals surface area contributed by atoms with Crippen molar-refractivity contribution in [3.8, 4) is 6.07 Å². The monoisotopic (exact) mass is 424 g/mol. The van der Waals surface area contributed by atoms with Crippen LogP contribution in [0.4, 0.5) is 5.69 Å². The predicted octanol–water partition coefficient (Wildman–Crippen LogP) is 3.71. The molecule has 1 unspecified atom stereocenters. The Kier molecular flexibility index (Phi) is 8.48. The number of benzene rings is 1. The van der Waals surface area contributed by atoms with Gasteiger partial charge in [0.05, 0.1) is 25.0 Å². The second kappa shape index (κ2) is 11.3. The molecule has 168 valence electrons. The van der Waals surface area contributed by atoms with Gasteiger partial charge in [0.15, 0.2) is 0 Å². The maximum absolute atomic E-state index is 13.2. The summed E-state index contributed by atoms with van der Waals surface area (Å²) in [6.45, 7) is 6.21. The zero-order chi connectivity index (χ0) is 22.2. The number of nitrogens with one attached hydrogen (secondary N) is 1. The van der Waals surface area contributed by atoms with Crippen molar-refractivity contribution >= 4 is 17.5 Å². The van der Waals surface area contributed by atoms with Crippen LogP contribution in [0.3, 0.4) is 0 Å². The fraction of sp³-hybridized carbons (Fsp3) is 0.640. The second-order valence-electron chi connectivity index (χ2n) is 9.14. The number of carbonyl (C=O) groups is 2. The molecule has 2 aliphatic rings. The number of hydrogen-bond donors (Lipinski definition) is 1. The third-order valence-electron chi connectivity index (χ3n) is 6.74.